The third-order valence-corrected chi connectivity index (χ3v) is 5.27. The molecule has 20 heavy (non-hydrogen) atoms. The van der Waals surface area contributed by atoms with Crippen LogP contribution in [0.15, 0.2) is 24.3 Å². The third-order valence-electron chi connectivity index (χ3n) is 3.24. The molecule has 1 atom stereocenters. The second-order valence-corrected chi connectivity index (χ2v) is 14.1. The first kappa shape index (κ1) is 17.7. The maximum absolute atomic E-state index is 6.10. The Bertz CT molecular complexity index is 418. The van der Waals surface area contributed by atoms with Crippen LogP contribution in [0.1, 0.15) is 26.3 Å². The average molecular weight is 312 g/mol. The Kier molecular flexibility index (Phi) is 6.30. The van der Waals surface area contributed by atoms with Crippen LogP contribution >= 0.6 is 11.6 Å². The molecule has 114 valence electrons. The van der Waals surface area contributed by atoms with Gasteiger partial charge in [-0.2, -0.15) is 0 Å². The molecule has 0 fully saturated rings. The number of nitrogens with one attached hydrogen (secondary N) is 1. The minimum absolute atomic E-state index is 0.187. The van der Waals surface area contributed by atoms with Crippen molar-refractivity contribution in [1.29, 1.82) is 0 Å². The Morgan fingerprint density at radius 3 is 2.35 bits per heavy atom. The van der Waals surface area contributed by atoms with E-state index >= 15 is 0 Å². The lowest BCUT2D eigenvalue weighted by molar-refractivity contribution is 0.380. The van der Waals surface area contributed by atoms with Gasteiger partial charge < -0.3 is 5.32 Å². The molecule has 1 unspecified atom stereocenters. The molecule has 1 aromatic carbocycles. The van der Waals surface area contributed by atoms with Gasteiger partial charge in [-0.25, -0.2) is 0 Å². The molecule has 0 radical (unpaired) electrons. The van der Waals surface area contributed by atoms with Crippen molar-refractivity contribution in [2.24, 2.45) is 5.92 Å². The first-order valence-electron chi connectivity index (χ1n) is 7.55. The lowest BCUT2D eigenvalue weighted by Crippen LogP contribution is -2.41. The fourth-order valence-electron chi connectivity index (χ4n) is 2.53. The van der Waals surface area contributed by atoms with Gasteiger partial charge >= 0.3 is 0 Å². The zero-order valence-electron chi connectivity index (χ0n) is 13.9. The molecular weight excluding hydrogens is 282 g/mol. The lowest BCUT2D eigenvalue weighted by Gasteiger charge is -2.29. The summed E-state index contributed by atoms with van der Waals surface area (Å²) in [5.41, 5.74) is 1.54. The summed E-state index contributed by atoms with van der Waals surface area (Å²) in [5.74, 6) is 0.694. The SMILES string of the molecule is CC(C)(C)NCC(Cc1cccc(Cl)c1)C[Si](C)(C)C. The van der Waals surface area contributed by atoms with Crippen molar-refractivity contribution in [1.82, 2.24) is 5.32 Å². The van der Waals surface area contributed by atoms with E-state index in [1.54, 1.807) is 0 Å². The zero-order chi connectivity index (χ0) is 15.4. The van der Waals surface area contributed by atoms with Gasteiger partial charge in [0.25, 0.3) is 0 Å². The molecule has 3 heteroatoms. The smallest absolute Gasteiger partial charge is 0.0446 e. The van der Waals surface area contributed by atoms with E-state index in [0.29, 0.717) is 5.92 Å². The summed E-state index contributed by atoms with van der Waals surface area (Å²) in [4.78, 5) is 0. The van der Waals surface area contributed by atoms with Gasteiger partial charge in [0, 0.05) is 18.6 Å². The first-order valence-corrected chi connectivity index (χ1v) is 11.6. The zero-order valence-corrected chi connectivity index (χ0v) is 15.6. The molecule has 0 bridgehead atoms. The van der Waals surface area contributed by atoms with Gasteiger partial charge in [-0.1, -0.05) is 49.4 Å². The summed E-state index contributed by atoms with van der Waals surface area (Å²) in [5, 5.41) is 4.51. The summed E-state index contributed by atoms with van der Waals surface area (Å²) in [6, 6.07) is 9.66. The Labute approximate surface area is 131 Å². The Balaban J connectivity index is 2.71. The van der Waals surface area contributed by atoms with Crippen molar-refractivity contribution >= 4 is 19.7 Å². The first-order chi connectivity index (χ1) is 9.05. The second kappa shape index (κ2) is 7.10. The second-order valence-electron chi connectivity index (χ2n) is 8.10. The normalized spacial score (nSPS) is 14.3. The van der Waals surface area contributed by atoms with Crippen molar-refractivity contribution in [3.05, 3.63) is 34.9 Å². The van der Waals surface area contributed by atoms with E-state index in [-0.39, 0.29) is 5.54 Å². The number of halogens is 1. The maximum Gasteiger partial charge on any atom is 0.0446 e. The van der Waals surface area contributed by atoms with Crippen LogP contribution in [-0.4, -0.2) is 20.2 Å². The molecule has 1 aromatic rings. The number of rotatable bonds is 6. The van der Waals surface area contributed by atoms with E-state index in [1.807, 2.05) is 6.07 Å². The van der Waals surface area contributed by atoms with Gasteiger partial charge in [-0.15, -0.1) is 0 Å². The minimum Gasteiger partial charge on any atom is -0.312 e. The summed E-state index contributed by atoms with van der Waals surface area (Å²) in [6.45, 7) is 15.1. The molecule has 1 N–H and O–H groups in total. The number of benzene rings is 1. The Hall–Kier alpha value is -0.313. The number of hydrogen-bond donors (Lipinski definition) is 1. The van der Waals surface area contributed by atoms with Crippen LogP contribution in [0, 0.1) is 5.92 Å². The average Bonchev–Trinajstić information content (AvgIpc) is 2.23. The van der Waals surface area contributed by atoms with Gasteiger partial charge in [0.15, 0.2) is 0 Å². The topological polar surface area (TPSA) is 12.0 Å². The van der Waals surface area contributed by atoms with Crippen LogP contribution in [0.5, 0.6) is 0 Å². The van der Waals surface area contributed by atoms with E-state index in [9.17, 15) is 0 Å². The molecule has 0 saturated heterocycles. The molecule has 0 saturated carbocycles. The quantitative estimate of drug-likeness (QED) is 0.710. The monoisotopic (exact) mass is 311 g/mol. The van der Waals surface area contributed by atoms with Crippen LogP contribution in [-0.2, 0) is 6.42 Å². The Morgan fingerprint density at radius 2 is 1.85 bits per heavy atom. The highest BCUT2D eigenvalue weighted by Gasteiger charge is 2.22. The van der Waals surface area contributed by atoms with Gasteiger partial charge in [0.2, 0.25) is 0 Å². The van der Waals surface area contributed by atoms with Crippen LogP contribution < -0.4 is 5.32 Å². The van der Waals surface area contributed by atoms with Gasteiger partial charge in [-0.3, -0.25) is 0 Å². The Morgan fingerprint density at radius 1 is 1.20 bits per heavy atom. The summed E-state index contributed by atoms with van der Waals surface area (Å²) in [6.07, 6.45) is 1.12. The van der Waals surface area contributed by atoms with Crippen molar-refractivity contribution < 1.29 is 0 Å². The summed E-state index contributed by atoms with van der Waals surface area (Å²) < 4.78 is 0. The van der Waals surface area contributed by atoms with Crippen molar-refractivity contribution in [3.63, 3.8) is 0 Å². The van der Waals surface area contributed by atoms with Crippen molar-refractivity contribution in [3.8, 4) is 0 Å². The molecule has 0 aliphatic rings. The molecule has 0 spiro atoms. The van der Waals surface area contributed by atoms with E-state index in [2.05, 4.69) is 63.9 Å². The molecule has 1 nitrogen and oxygen atoms in total. The largest absolute Gasteiger partial charge is 0.312 e. The third kappa shape index (κ3) is 8.08. The molecule has 0 aliphatic heterocycles. The summed E-state index contributed by atoms with van der Waals surface area (Å²) in [7, 11) is -1.06. The van der Waals surface area contributed by atoms with Crippen LogP contribution in [0.2, 0.25) is 30.7 Å². The molecule has 0 aromatic heterocycles. The lowest BCUT2D eigenvalue weighted by atomic mass is 9.99. The molecule has 0 amide bonds. The number of hydrogen-bond acceptors (Lipinski definition) is 1. The molecule has 1 rings (SSSR count). The molecular formula is C17H30ClNSi. The maximum atomic E-state index is 6.10. The van der Waals surface area contributed by atoms with E-state index in [0.717, 1.165) is 18.0 Å². The van der Waals surface area contributed by atoms with Crippen LogP contribution in [0.4, 0.5) is 0 Å². The highest BCUT2D eigenvalue weighted by atomic mass is 35.5. The fraction of sp³-hybridized carbons (Fsp3) is 0.647. The predicted octanol–water partition coefficient (Wildman–Crippen LogP) is 5.23. The fourth-order valence-corrected chi connectivity index (χ4v) is 4.76. The van der Waals surface area contributed by atoms with Crippen molar-refractivity contribution in [2.45, 2.75) is 58.4 Å². The van der Waals surface area contributed by atoms with Gasteiger partial charge in [-0.05, 0) is 57.4 Å². The standard InChI is InChI=1S/C17H30ClNSi/c1-17(2,3)19-12-15(13-20(4,5)6)10-14-8-7-9-16(18)11-14/h7-9,11,15,19H,10,12-13H2,1-6H3. The highest BCUT2D eigenvalue weighted by Crippen LogP contribution is 2.22. The van der Waals surface area contributed by atoms with E-state index < -0.39 is 8.07 Å². The van der Waals surface area contributed by atoms with E-state index in [4.69, 9.17) is 11.6 Å². The molecule has 0 heterocycles. The summed E-state index contributed by atoms with van der Waals surface area (Å²) >= 11 is 6.10. The highest BCUT2D eigenvalue weighted by molar-refractivity contribution is 6.76. The molecule has 0 aliphatic carbocycles. The predicted molar refractivity (Wildman–Crippen MR) is 94.6 cm³/mol. The van der Waals surface area contributed by atoms with E-state index in [1.165, 1.54) is 11.6 Å². The van der Waals surface area contributed by atoms with Crippen molar-refractivity contribution in [2.75, 3.05) is 6.54 Å². The van der Waals surface area contributed by atoms with Crippen LogP contribution in [0.3, 0.4) is 0 Å². The van der Waals surface area contributed by atoms with Gasteiger partial charge in [0.1, 0.15) is 0 Å². The van der Waals surface area contributed by atoms with Crippen LogP contribution in [0.25, 0.3) is 0 Å². The minimum atomic E-state index is -1.06. The van der Waals surface area contributed by atoms with Gasteiger partial charge in [0.05, 0.1) is 0 Å².